The van der Waals surface area contributed by atoms with Crippen molar-refractivity contribution in [2.75, 3.05) is 18.6 Å². The minimum atomic E-state index is -0.0684. The quantitative estimate of drug-likeness (QED) is 0.735. The van der Waals surface area contributed by atoms with Gasteiger partial charge < -0.3 is 4.74 Å². The molecule has 3 heteroatoms. The number of methoxy groups -OCH3 is 1. The predicted octanol–water partition coefficient (Wildman–Crippen LogP) is 2.95. The third-order valence-corrected chi connectivity index (χ3v) is 7.93. The number of ketones is 1. The molecule has 0 amide bonds. The van der Waals surface area contributed by atoms with Crippen LogP contribution >= 0.6 is 0 Å². The van der Waals surface area contributed by atoms with Gasteiger partial charge in [0.2, 0.25) is 0 Å². The first kappa shape index (κ1) is 14.4. The van der Waals surface area contributed by atoms with E-state index in [-0.39, 0.29) is 4.75 Å². The van der Waals surface area contributed by atoms with Crippen molar-refractivity contribution in [2.24, 2.45) is 5.92 Å². The summed E-state index contributed by atoms with van der Waals surface area (Å²) in [6.45, 7) is 4.40. The molecule has 2 rings (SSSR count). The van der Waals surface area contributed by atoms with Gasteiger partial charge in [0.15, 0.2) is 10.5 Å². The van der Waals surface area contributed by atoms with Crippen LogP contribution in [0.2, 0.25) is 0 Å². The van der Waals surface area contributed by atoms with E-state index in [0.717, 1.165) is 25.7 Å². The maximum atomic E-state index is 12.8. The summed E-state index contributed by atoms with van der Waals surface area (Å²) in [6, 6.07) is 0. The Balaban J connectivity index is 1.94. The number of hydrogen-bond acceptors (Lipinski definition) is 2. The van der Waals surface area contributed by atoms with Gasteiger partial charge in [0.05, 0.1) is 6.10 Å². The van der Waals surface area contributed by atoms with Crippen molar-refractivity contribution in [1.29, 1.82) is 0 Å². The molecule has 0 aromatic rings. The molecule has 0 aromatic carbocycles. The van der Waals surface area contributed by atoms with Gasteiger partial charge in [-0.15, -0.1) is 0 Å². The fraction of sp³-hybridized carbons (Fsp3) is 0.933. The number of carbonyl (C=O) groups excluding carboxylic acids is 1. The molecule has 2 fully saturated rings. The monoisotopic (exact) mass is 271 g/mol. The van der Waals surface area contributed by atoms with Gasteiger partial charge in [-0.3, -0.25) is 4.79 Å². The summed E-state index contributed by atoms with van der Waals surface area (Å²) in [5.41, 5.74) is 0. The van der Waals surface area contributed by atoms with Crippen molar-refractivity contribution in [3.63, 3.8) is 0 Å². The summed E-state index contributed by atoms with van der Waals surface area (Å²) in [4.78, 5) is 12.8. The first-order chi connectivity index (χ1) is 8.55. The summed E-state index contributed by atoms with van der Waals surface area (Å²) in [6.07, 6.45) is 7.27. The molecular weight excluding hydrogens is 244 g/mol. The zero-order valence-electron chi connectivity index (χ0n) is 12.0. The molecule has 1 aliphatic heterocycles. The van der Waals surface area contributed by atoms with Gasteiger partial charge in [0.25, 0.3) is 0 Å². The van der Waals surface area contributed by atoms with Gasteiger partial charge in [-0.1, -0.05) is 0 Å². The second-order valence-corrected chi connectivity index (χ2v) is 9.01. The molecule has 18 heavy (non-hydrogen) atoms. The second kappa shape index (κ2) is 5.96. The lowest BCUT2D eigenvalue weighted by atomic mass is 9.81. The van der Waals surface area contributed by atoms with Gasteiger partial charge in [-0.2, -0.15) is 0 Å². The van der Waals surface area contributed by atoms with Crippen molar-refractivity contribution >= 4 is 16.7 Å². The molecule has 1 saturated heterocycles. The van der Waals surface area contributed by atoms with Crippen molar-refractivity contribution in [3.05, 3.63) is 0 Å². The highest BCUT2D eigenvalue weighted by Crippen LogP contribution is 2.35. The summed E-state index contributed by atoms with van der Waals surface area (Å²) in [5, 5.41) is 0. The van der Waals surface area contributed by atoms with Crippen LogP contribution in [-0.2, 0) is 20.4 Å². The van der Waals surface area contributed by atoms with Crippen molar-refractivity contribution in [3.8, 4) is 0 Å². The van der Waals surface area contributed by atoms with E-state index in [1.165, 1.54) is 24.3 Å². The van der Waals surface area contributed by atoms with Crippen LogP contribution < -0.4 is 0 Å². The summed E-state index contributed by atoms with van der Waals surface area (Å²) in [7, 11) is 2.13. The van der Waals surface area contributed by atoms with E-state index < -0.39 is 0 Å². The average Bonchev–Trinajstić information content (AvgIpc) is 2.92. The highest BCUT2D eigenvalue weighted by Gasteiger charge is 2.49. The van der Waals surface area contributed by atoms with E-state index >= 15 is 0 Å². The molecule has 1 aliphatic carbocycles. The first-order valence-electron chi connectivity index (χ1n) is 7.30. The Hall–Kier alpha value is -0.0200. The fourth-order valence-electron chi connectivity index (χ4n) is 3.36. The highest BCUT2D eigenvalue weighted by atomic mass is 32.2. The van der Waals surface area contributed by atoms with Gasteiger partial charge >= 0.3 is 0 Å². The molecule has 0 N–H and O–H groups in total. The minimum absolute atomic E-state index is 0.0684. The number of ether oxygens (including phenoxy) is 1. The van der Waals surface area contributed by atoms with Crippen molar-refractivity contribution < 1.29 is 9.53 Å². The van der Waals surface area contributed by atoms with Crippen LogP contribution in [0.15, 0.2) is 0 Å². The Kier molecular flexibility index (Phi) is 4.76. The Morgan fingerprint density at radius 2 is 1.67 bits per heavy atom. The minimum Gasteiger partial charge on any atom is -0.381 e. The number of rotatable bonds is 4. The zero-order chi connectivity index (χ0) is 13.2. The van der Waals surface area contributed by atoms with Gasteiger partial charge in [0.1, 0.15) is 11.5 Å². The molecule has 1 saturated carbocycles. The molecule has 104 valence electrons. The lowest BCUT2D eigenvalue weighted by Gasteiger charge is -2.31. The van der Waals surface area contributed by atoms with E-state index in [1.807, 2.05) is 0 Å². The molecule has 0 atom stereocenters. The normalized spacial score (nSPS) is 30.6. The molecular formula is C15H27O2S+. The van der Waals surface area contributed by atoms with Crippen LogP contribution in [0.5, 0.6) is 0 Å². The summed E-state index contributed by atoms with van der Waals surface area (Å²) < 4.78 is 5.33. The molecule has 0 spiro atoms. The zero-order valence-corrected chi connectivity index (χ0v) is 12.9. The predicted molar refractivity (Wildman–Crippen MR) is 78.2 cm³/mol. The number of hydrogen-bond donors (Lipinski definition) is 0. The van der Waals surface area contributed by atoms with Crippen LogP contribution in [0.4, 0.5) is 0 Å². The highest BCUT2D eigenvalue weighted by molar-refractivity contribution is 7.99. The first-order valence-corrected chi connectivity index (χ1v) is 8.86. The van der Waals surface area contributed by atoms with Gasteiger partial charge in [-0.25, -0.2) is 0 Å². The third kappa shape index (κ3) is 2.93. The number of carbonyl (C=O) groups is 1. The Labute approximate surface area is 114 Å². The smallest absolute Gasteiger partial charge is 0.190 e. The van der Waals surface area contributed by atoms with Crippen LogP contribution in [0, 0.1) is 5.92 Å². The van der Waals surface area contributed by atoms with Crippen LogP contribution in [0.1, 0.15) is 52.4 Å². The van der Waals surface area contributed by atoms with Gasteiger partial charge in [0, 0.05) is 23.9 Å². The summed E-state index contributed by atoms with van der Waals surface area (Å²) in [5.74, 6) is 3.42. The largest absolute Gasteiger partial charge is 0.381 e. The van der Waals surface area contributed by atoms with Crippen molar-refractivity contribution in [1.82, 2.24) is 0 Å². The van der Waals surface area contributed by atoms with E-state index in [2.05, 4.69) is 13.8 Å². The Morgan fingerprint density at radius 3 is 2.17 bits per heavy atom. The topological polar surface area (TPSA) is 26.3 Å². The third-order valence-electron chi connectivity index (χ3n) is 4.72. The van der Waals surface area contributed by atoms with Crippen LogP contribution in [0.3, 0.4) is 0 Å². The molecule has 0 radical (unpaired) electrons. The van der Waals surface area contributed by atoms with E-state index in [4.69, 9.17) is 4.74 Å². The van der Waals surface area contributed by atoms with E-state index in [0.29, 0.717) is 28.7 Å². The van der Waals surface area contributed by atoms with E-state index in [9.17, 15) is 4.79 Å². The molecule has 2 aliphatic rings. The maximum absolute atomic E-state index is 12.8. The van der Waals surface area contributed by atoms with Crippen molar-refractivity contribution in [2.45, 2.75) is 63.2 Å². The van der Waals surface area contributed by atoms with Crippen LogP contribution in [-0.4, -0.2) is 35.2 Å². The second-order valence-electron chi connectivity index (χ2n) is 6.19. The Bertz CT molecular complexity index is 287. The lowest BCUT2D eigenvalue weighted by Crippen LogP contribution is -2.46. The fourth-order valence-corrected chi connectivity index (χ4v) is 6.14. The Morgan fingerprint density at radius 1 is 1.11 bits per heavy atom. The average molecular weight is 271 g/mol. The molecule has 0 bridgehead atoms. The molecule has 0 unspecified atom stereocenters. The standard InChI is InChI=1S/C15H27O2S/c1-15(2,18-10-4-5-11-18)14(16)12-6-8-13(17-3)9-7-12/h12-13H,4-11H2,1-3H3/q+1. The molecule has 2 nitrogen and oxygen atoms in total. The SMILES string of the molecule is COC1CCC(C(=O)C(C)(C)[S+]2CCCC2)CC1. The van der Waals surface area contributed by atoms with Gasteiger partial charge in [-0.05, 0) is 52.4 Å². The molecule has 0 aromatic heterocycles. The van der Waals surface area contributed by atoms with E-state index in [1.54, 1.807) is 7.11 Å². The van der Waals surface area contributed by atoms with Crippen LogP contribution in [0.25, 0.3) is 0 Å². The summed E-state index contributed by atoms with van der Waals surface area (Å²) >= 11 is 0. The lowest BCUT2D eigenvalue weighted by molar-refractivity contribution is -0.126. The maximum Gasteiger partial charge on any atom is 0.190 e. The number of Topliss-reactive ketones (excluding diaryl/α,β-unsaturated/α-hetero) is 1. The molecule has 1 heterocycles.